The van der Waals surface area contributed by atoms with Crippen LogP contribution in [0.2, 0.25) is 5.02 Å². The van der Waals surface area contributed by atoms with E-state index < -0.39 is 0 Å². The largest absolute Gasteiger partial charge is 0.489 e. The van der Waals surface area contributed by atoms with Crippen LogP contribution < -0.4 is 10.1 Å². The van der Waals surface area contributed by atoms with E-state index in [0.29, 0.717) is 24.7 Å². The first kappa shape index (κ1) is 15.5. The molecule has 1 atom stereocenters. The number of nitrogens with one attached hydrogen (secondary N) is 1. The molecule has 1 aromatic carbocycles. The Morgan fingerprint density at radius 1 is 1.29 bits per heavy atom. The maximum atomic E-state index is 12.0. The monoisotopic (exact) mass is 347 g/mol. The molecule has 0 unspecified atom stereocenters. The summed E-state index contributed by atoms with van der Waals surface area (Å²) in [6.07, 6.45) is 2.10. The van der Waals surface area contributed by atoms with Crippen LogP contribution in [-0.2, 0) is 9.59 Å². The number of benzene rings is 1. The van der Waals surface area contributed by atoms with Crippen molar-refractivity contribution in [2.45, 2.75) is 6.04 Å². The second kappa shape index (κ2) is 6.11. The van der Waals surface area contributed by atoms with Gasteiger partial charge in [-0.1, -0.05) is 11.6 Å². The zero-order chi connectivity index (χ0) is 16.7. The third-order valence-electron chi connectivity index (χ3n) is 4.67. The lowest BCUT2D eigenvalue weighted by Crippen LogP contribution is -2.66. The van der Waals surface area contributed by atoms with Crippen molar-refractivity contribution in [1.82, 2.24) is 15.1 Å². The van der Waals surface area contributed by atoms with Crippen molar-refractivity contribution in [2.24, 2.45) is 0 Å². The molecule has 1 aromatic rings. The maximum absolute atomic E-state index is 12.0. The number of ether oxygens (including phenoxy) is 1. The molecule has 6 nitrogen and oxygen atoms in total. The Hall–Kier alpha value is -2.05. The van der Waals surface area contributed by atoms with Crippen molar-refractivity contribution in [3.8, 4) is 5.75 Å². The van der Waals surface area contributed by atoms with Gasteiger partial charge in [0.05, 0.1) is 6.54 Å². The average Bonchev–Trinajstić information content (AvgIpc) is 2.58. The van der Waals surface area contributed by atoms with Crippen LogP contribution in [0.4, 0.5) is 0 Å². The summed E-state index contributed by atoms with van der Waals surface area (Å²) in [6, 6.07) is 5.20. The van der Waals surface area contributed by atoms with Gasteiger partial charge in [-0.3, -0.25) is 14.5 Å². The molecule has 0 aliphatic carbocycles. The van der Waals surface area contributed by atoms with Gasteiger partial charge in [0.15, 0.2) is 0 Å². The number of hydrogen-bond acceptors (Lipinski definition) is 4. The molecule has 0 bridgehead atoms. The number of halogens is 1. The Labute approximate surface area is 145 Å². The number of nitrogens with zero attached hydrogens (tertiary/aromatic N) is 2. The van der Waals surface area contributed by atoms with Gasteiger partial charge >= 0.3 is 0 Å². The number of amides is 2. The van der Waals surface area contributed by atoms with Crippen LogP contribution in [0.1, 0.15) is 5.56 Å². The Balaban J connectivity index is 1.47. The first-order valence-electron chi connectivity index (χ1n) is 8.01. The molecule has 0 saturated carbocycles. The summed E-state index contributed by atoms with van der Waals surface area (Å²) in [5, 5.41) is 3.34. The SMILES string of the molecule is O=C1NCC(=O)N2CCN(CC3=Cc4cc(Cl)ccc4OC3)C[C@@H]12. The minimum absolute atomic E-state index is 0.00281. The van der Waals surface area contributed by atoms with E-state index in [1.54, 1.807) is 4.90 Å². The molecule has 0 spiro atoms. The van der Waals surface area contributed by atoms with E-state index in [4.69, 9.17) is 16.3 Å². The molecule has 3 aliphatic heterocycles. The molecule has 3 aliphatic rings. The quantitative estimate of drug-likeness (QED) is 0.858. The van der Waals surface area contributed by atoms with Crippen molar-refractivity contribution in [1.29, 1.82) is 0 Å². The first-order chi connectivity index (χ1) is 11.6. The van der Waals surface area contributed by atoms with E-state index in [9.17, 15) is 9.59 Å². The molecule has 0 aromatic heterocycles. The van der Waals surface area contributed by atoms with Gasteiger partial charge in [-0.2, -0.15) is 0 Å². The van der Waals surface area contributed by atoms with Crippen molar-refractivity contribution < 1.29 is 14.3 Å². The maximum Gasteiger partial charge on any atom is 0.244 e. The lowest BCUT2D eigenvalue weighted by Gasteiger charge is -2.43. The summed E-state index contributed by atoms with van der Waals surface area (Å²) in [5.41, 5.74) is 2.12. The van der Waals surface area contributed by atoms with Gasteiger partial charge in [-0.25, -0.2) is 0 Å². The van der Waals surface area contributed by atoms with Crippen molar-refractivity contribution >= 4 is 29.5 Å². The zero-order valence-electron chi connectivity index (χ0n) is 13.1. The van der Waals surface area contributed by atoms with Gasteiger partial charge in [0.2, 0.25) is 11.8 Å². The first-order valence-corrected chi connectivity index (χ1v) is 8.39. The number of carbonyl (C=O) groups excluding carboxylic acids is 2. The molecule has 126 valence electrons. The topological polar surface area (TPSA) is 61.9 Å². The molecule has 4 rings (SSSR count). The second-order valence-corrected chi connectivity index (χ2v) is 6.77. The van der Waals surface area contributed by atoms with Crippen molar-refractivity contribution in [2.75, 3.05) is 39.3 Å². The highest BCUT2D eigenvalue weighted by atomic mass is 35.5. The summed E-state index contributed by atoms with van der Waals surface area (Å²) in [4.78, 5) is 27.8. The van der Waals surface area contributed by atoms with Gasteiger partial charge in [-0.15, -0.1) is 0 Å². The summed E-state index contributed by atoms with van der Waals surface area (Å²) < 4.78 is 5.78. The summed E-state index contributed by atoms with van der Waals surface area (Å²) in [7, 11) is 0. The zero-order valence-corrected chi connectivity index (χ0v) is 13.9. The molecular weight excluding hydrogens is 330 g/mol. The highest BCUT2D eigenvalue weighted by Crippen LogP contribution is 2.29. The number of carbonyl (C=O) groups is 2. The number of hydrogen-bond donors (Lipinski definition) is 1. The highest BCUT2D eigenvalue weighted by molar-refractivity contribution is 6.30. The molecule has 2 fully saturated rings. The Morgan fingerprint density at radius 3 is 3.04 bits per heavy atom. The predicted octanol–water partition coefficient (Wildman–Crippen LogP) is 0.758. The molecule has 24 heavy (non-hydrogen) atoms. The van der Waals surface area contributed by atoms with Gasteiger partial charge in [0, 0.05) is 36.8 Å². The van der Waals surface area contributed by atoms with Crippen LogP contribution in [0, 0.1) is 0 Å². The summed E-state index contributed by atoms with van der Waals surface area (Å²) >= 11 is 6.05. The van der Waals surface area contributed by atoms with Crippen LogP contribution in [-0.4, -0.2) is 67.0 Å². The third-order valence-corrected chi connectivity index (χ3v) is 4.91. The molecule has 2 saturated heterocycles. The molecular formula is C17H18ClN3O3. The van der Waals surface area contributed by atoms with Crippen LogP contribution in [0.25, 0.3) is 6.08 Å². The normalized spacial score (nSPS) is 23.8. The Bertz CT molecular complexity index is 734. The number of rotatable bonds is 2. The van der Waals surface area contributed by atoms with Gasteiger partial charge in [0.1, 0.15) is 18.4 Å². The van der Waals surface area contributed by atoms with E-state index in [1.807, 2.05) is 18.2 Å². The third kappa shape index (κ3) is 2.87. The van der Waals surface area contributed by atoms with Crippen LogP contribution in [0.3, 0.4) is 0 Å². The molecule has 0 radical (unpaired) electrons. The van der Waals surface area contributed by atoms with Gasteiger partial charge < -0.3 is 15.0 Å². The summed E-state index contributed by atoms with van der Waals surface area (Å²) in [6.45, 7) is 3.27. The Kier molecular flexibility index (Phi) is 3.94. The predicted molar refractivity (Wildman–Crippen MR) is 89.9 cm³/mol. The van der Waals surface area contributed by atoms with E-state index >= 15 is 0 Å². The van der Waals surface area contributed by atoms with E-state index in [2.05, 4.69) is 16.3 Å². The Morgan fingerprint density at radius 2 is 2.17 bits per heavy atom. The van der Waals surface area contributed by atoms with Gasteiger partial charge in [0.25, 0.3) is 0 Å². The molecule has 3 heterocycles. The average molecular weight is 348 g/mol. The van der Waals surface area contributed by atoms with Crippen LogP contribution in [0.15, 0.2) is 23.8 Å². The lowest BCUT2D eigenvalue weighted by molar-refractivity contribution is -0.148. The van der Waals surface area contributed by atoms with E-state index in [1.165, 1.54) is 0 Å². The highest BCUT2D eigenvalue weighted by Gasteiger charge is 2.38. The lowest BCUT2D eigenvalue weighted by atomic mass is 10.0. The fourth-order valence-electron chi connectivity index (χ4n) is 3.46. The van der Waals surface area contributed by atoms with Crippen LogP contribution in [0.5, 0.6) is 5.75 Å². The minimum atomic E-state index is -0.383. The molecule has 7 heteroatoms. The van der Waals surface area contributed by atoms with Crippen molar-refractivity contribution in [3.63, 3.8) is 0 Å². The fraction of sp³-hybridized carbons (Fsp3) is 0.412. The van der Waals surface area contributed by atoms with Crippen molar-refractivity contribution in [3.05, 3.63) is 34.4 Å². The minimum Gasteiger partial charge on any atom is -0.489 e. The van der Waals surface area contributed by atoms with E-state index in [-0.39, 0.29) is 24.4 Å². The van der Waals surface area contributed by atoms with Gasteiger partial charge in [-0.05, 0) is 29.8 Å². The van der Waals surface area contributed by atoms with E-state index in [0.717, 1.165) is 30.0 Å². The second-order valence-electron chi connectivity index (χ2n) is 6.33. The standard InChI is InChI=1S/C17H18ClN3O3/c18-13-1-2-15-12(6-13)5-11(10-24-15)8-20-3-4-21-14(9-20)17(23)19-7-16(21)22/h1-2,5-6,14H,3-4,7-10H2,(H,19,23)/t14-/m0/s1. The summed E-state index contributed by atoms with van der Waals surface area (Å²) in [5.74, 6) is 0.776. The molecule has 1 N–H and O–H groups in total. The molecule has 2 amide bonds. The smallest absolute Gasteiger partial charge is 0.244 e. The fourth-order valence-corrected chi connectivity index (χ4v) is 3.64. The number of fused-ring (bicyclic) bond motifs is 2. The number of piperazine rings is 2. The van der Waals surface area contributed by atoms with Crippen LogP contribution >= 0.6 is 11.6 Å².